The highest BCUT2D eigenvalue weighted by molar-refractivity contribution is 7.25. The number of fused-ring (bicyclic) bond motifs is 13. The van der Waals surface area contributed by atoms with Crippen molar-refractivity contribution >= 4 is 48.6 Å². The highest BCUT2D eigenvalue weighted by Crippen LogP contribution is 2.64. The van der Waals surface area contributed by atoms with Crippen molar-refractivity contribution in [2.45, 2.75) is 36.5 Å². The Labute approximate surface area is 332 Å². The molecule has 0 saturated heterocycles. The molecule has 3 aliphatic rings. The second kappa shape index (κ2) is 12.1. The molecule has 266 valence electrons. The second-order valence-electron chi connectivity index (χ2n) is 16.0. The summed E-state index contributed by atoms with van der Waals surface area (Å²) in [6.07, 6.45) is 4.47. The Morgan fingerprint density at radius 2 is 0.839 bits per heavy atom. The minimum Gasteiger partial charge on any atom is -0.310 e. The molecule has 2 heteroatoms. The van der Waals surface area contributed by atoms with Crippen molar-refractivity contribution < 1.29 is 0 Å². The molecule has 1 fully saturated rings. The smallest absolute Gasteiger partial charge is 0.0540 e. The fraction of sp³-hybridized carbons (Fsp3) is 0.111. The number of hydrogen-bond acceptors (Lipinski definition) is 2. The van der Waals surface area contributed by atoms with Gasteiger partial charge in [-0.15, -0.1) is 11.3 Å². The standard InChI is InChI=1S/C54H39NS/c1-2-14-36(15-3-1)39-16-7-12-24-50(39)55(38-27-29-45-44-20-8-13-25-51(44)56-52(45)35-38)37-26-28-43-42-19-6-11-23-48(42)54(49(43)34-37)32-30-53(31-33-54)46-21-9-4-17-40(46)41-18-5-10-22-47(41)53/h1-29,34-35H,30-33H2. The number of hydrogen-bond donors (Lipinski definition) is 0. The van der Waals surface area contributed by atoms with E-state index in [1.54, 1.807) is 0 Å². The van der Waals surface area contributed by atoms with E-state index in [0.29, 0.717) is 0 Å². The van der Waals surface area contributed by atoms with Crippen LogP contribution in [0.5, 0.6) is 0 Å². The summed E-state index contributed by atoms with van der Waals surface area (Å²) in [4.78, 5) is 2.52. The molecule has 3 aliphatic carbocycles. The van der Waals surface area contributed by atoms with E-state index >= 15 is 0 Å². The average Bonchev–Trinajstić information content (AvgIpc) is 3.87. The summed E-state index contributed by atoms with van der Waals surface area (Å²) in [7, 11) is 0. The first-order chi connectivity index (χ1) is 27.7. The Kier molecular flexibility index (Phi) is 6.95. The second-order valence-corrected chi connectivity index (χ2v) is 17.1. The van der Waals surface area contributed by atoms with Crippen molar-refractivity contribution in [1.82, 2.24) is 0 Å². The van der Waals surface area contributed by atoms with Crippen molar-refractivity contribution in [1.29, 1.82) is 0 Å². The molecule has 2 spiro atoms. The Morgan fingerprint density at radius 3 is 1.52 bits per heavy atom. The van der Waals surface area contributed by atoms with Crippen molar-refractivity contribution in [3.63, 3.8) is 0 Å². The molecule has 1 heterocycles. The van der Waals surface area contributed by atoms with Crippen LogP contribution in [-0.4, -0.2) is 0 Å². The van der Waals surface area contributed by atoms with Crippen LogP contribution in [0.15, 0.2) is 188 Å². The molecule has 0 amide bonds. The third-order valence-electron chi connectivity index (χ3n) is 13.5. The maximum absolute atomic E-state index is 2.57. The molecule has 12 rings (SSSR count). The third kappa shape index (κ3) is 4.48. The molecule has 1 nitrogen and oxygen atoms in total. The lowest BCUT2D eigenvalue weighted by molar-refractivity contribution is 0.265. The van der Waals surface area contributed by atoms with Gasteiger partial charge in [0.2, 0.25) is 0 Å². The van der Waals surface area contributed by atoms with Gasteiger partial charge in [0.25, 0.3) is 0 Å². The summed E-state index contributed by atoms with van der Waals surface area (Å²) in [5.41, 5.74) is 17.7. The van der Waals surface area contributed by atoms with E-state index in [9.17, 15) is 0 Å². The topological polar surface area (TPSA) is 3.24 Å². The first kappa shape index (κ1) is 32.1. The number of rotatable bonds is 4. The van der Waals surface area contributed by atoms with E-state index in [4.69, 9.17) is 0 Å². The molecule has 9 aromatic rings. The minimum atomic E-state index is -0.0558. The predicted octanol–water partition coefficient (Wildman–Crippen LogP) is 15.0. The molecule has 1 aromatic heterocycles. The number of thiophene rings is 1. The van der Waals surface area contributed by atoms with Crippen molar-refractivity contribution in [3.8, 4) is 33.4 Å². The van der Waals surface area contributed by atoms with Crippen LogP contribution in [-0.2, 0) is 10.8 Å². The van der Waals surface area contributed by atoms with Gasteiger partial charge in [0.1, 0.15) is 0 Å². The summed E-state index contributed by atoms with van der Waals surface area (Å²) in [6.45, 7) is 0. The quantitative estimate of drug-likeness (QED) is 0.174. The van der Waals surface area contributed by atoms with E-state index in [1.807, 2.05) is 11.3 Å². The summed E-state index contributed by atoms with van der Waals surface area (Å²) in [6, 6.07) is 70.8. The van der Waals surface area contributed by atoms with Crippen LogP contribution >= 0.6 is 11.3 Å². The zero-order valence-corrected chi connectivity index (χ0v) is 31.9. The largest absolute Gasteiger partial charge is 0.310 e. The van der Waals surface area contributed by atoms with E-state index < -0.39 is 0 Å². The predicted molar refractivity (Wildman–Crippen MR) is 237 cm³/mol. The fourth-order valence-corrected chi connectivity index (χ4v) is 12.1. The molecule has 56 heavy (non-hydrogen) atoms. The Balaban J connectivity index is 1.04. The van der Waals surface area contributed by atoms with Gasteiger partial charge >= 0.3 is 0 Å². The van der Waals surface area contributed by atoms with Gasteiger partial charge < -0.3 is 4.90 Å². The monoisotopic (exact) mass is 733 g/mol. The Bertz CT molecular complexity index is 2950. The van der Waals surface area contributed by atoms with Gasteiger partial charge in [-0.2, -0.15) is 0 Å². The van der Waals surface area contributed by atoms with Gasteiger partial charge in [0, 0.05) is 47.9 Å². The van der Waals surface area contributed by atoms with Gasteiger partial charge in [-0.05, 0) is 112 Å². The van der Waals surface area contributed by atoms with E-state index in [0.717, 1.165) is 25.7 Å². The lowest BCUT2D eigenvalue weighted by Crippen LogP contribution is -2.39. The number of para-hydroxylation sites is 1. The normalized spacial score (nSPS) is 15.5. The molecule has 8 aromatic carbocycles. The third-order valence-corrected chi connectivity index (χ3v) is 14.6. The van der Waals surface area contributed by atoms with Crippen LogP contribution in [0, 0.1) is 0 Å². The molecule has 1 saturated carbocycles. The van der Waals surface area contributed by atoms with Crippen LogP contribution in [0.4, 0.5) is 17.1 Å². The minimum absolute atomic E-state index is 0.0497. The lowest BCUT2D eigenvalue weighted by atomic mass is 9.57. The van der Waals surface area contributed by atoms with E-state index in [1.165, 1.54) is 92.9 Å². The lowest BCUT2D eigenvalue weighted by Gasteiger charge is -2.45. The van der Waals surface area contributed by atoms with Gasteiger partial charge in [-0.25, -0.2) is 0 Å². The fourth-order valence-electron chi connectivity index (χ4n) is 11.0. The highest BCUT2D eigenvalue weighted by Gasteiger charge is 2.53. The Morgan fingerprint density at radius 1 is 0.357 bits per heavy atom. The van der Waals surface area contributed by atoms with Gasteiger partial charge in [-0.3, -0.25) is 0 Å². The summed E-state index contributed by atoms with van der Waals surface area (Å²) >= 11 is 1.89. The zero-order chi connectivity index (χ0) is 36.8. The highest BCUT2D eigenvalue weighted by atomic mass is 32.1. The van der Waals surface area contributed by atoms with Gasteiger partial charge in [-0.1, -0.05) is 152 Å². The SMILES string of the molecule is c1ccc(-c2ccccc2N(c2ccc3c(c2)C2(CCC4(CC2)c2ccccc2-c2ccccc24)c2ccccc2-3)c2ccc3c(c2)sc2ccccc23)cc1. The summed E-state index contributed by atoms with van der Waals surface area (Å²) < 4.78 is 2.64. The van der Waals surface area contributed by atoms with Crippen molar-refractivity contribution in [3.05, 3.63) is 210 Å². The molecular weight excluding hydrogens is 695 g/mol. The van der Waals surface area contributed by atoms with Gasteiger partial charge in [0.15, 0.2) is 0 Å². The van der Waals surface area contributed by atoms with E-state index in [2.05, 4.69) is 193 Å². The molecule has 0 N–H and O–H groups in total. The maximum atomic E-state index is 2.57. The molecule has 0 unspecified atom stereocenters. The summed E-state index contributed by atoms with van der Waals surface area (Å²) in [5.74, 6) is 0. The Hall–Kier alpha value is -6.22. The molecular formula is C54H39NS. The van der Waals surface area contributed by atoms with Crippen LogP contribution in [0.25, 0.3) is 53.6 Å². The van der Waals surface area contributed by atoms with Crippen LogP contribution in [0.2, 0.25) is 0 Å². The molecule has 0 radical (unpaired) electrons. The first-order valence-corrected chi connectivity index (χ1v) is 20.8. The number of nitrogens with zero attached hydrogens (tertiary/aromatic N) is 1. The van der Waals surface area contributed by atoms with Gasteiger partial charge in [0.05, 0.1) is 5.69 Å². The first-order valence-electron chi connectivity index (χ1n) is 20.0. The summed E-state index contributed by atoms with van der Waals surface area (Å²) in [5, 5.41) is 2.65. The average molecular weight is 734 g/mol. The van der Waals surface area contributed by atoms with Crippen LogP contribution in [0.1, 0.15) is 47.9 Å². The molecule has 0 bridgehead atoms. The zero-order valence-electron chi connectivity index (χ0n) is 31.1. The van der Waals surface area contributed by atoms with Crippen molar-refractivity contribution in [2.24, 2.45) is 0 Å². The van der Waals surface area contributed by atoms with Crippen LogP contribution < -0.4 is 4.90 Å². The maximum Gasteiger partial charge on any atom is 0.0540 e. The number of anilines is 3. The molecule has 0 atom stereocenters. The molecule has 0 aliphatic heterocycles. The van der Waals surface area contributed by atoms with Crippen molar-refractivity contribution in [2.75, 3.05) is 4.90 Å². The number of benzene rings is 8. The van der Waals surface area contributed by atoms with E-state index in [-0.39, 0.29) is 10.8 Å². The van der Waals surface area contributed by atoms with Crippen LogP contribution in [0.3, 0.4) is 0 Å².